The van der Waals surface area contributed by atoms with Crippen molar-refractivity contribution in [1.29, 1.82) is 0 Å². The fourth-order valence-electron chi connectivity index (χ4n) is 1.31. The average Bonchev–Trinajstić information content (AvgIpc) is 2.23. The molecule has 0 saturated heterocycles. The molecule has 0 spiro atoms. The van der Waals surface area contributed by atoms with E-state index in [1.807, 2.05) is 0 Å². The molecule has 0 fully saturated rings. The first kappa shape index (κ1) is 16.7. The minimum absolute atomic E-state index is 0.0337. The van der Waals surface area contributed by atoms with Crippen LogP contribution < -0.4 is 0 Å². The number of ketones is 1. The van der Waals surface area contributed by atoms with E-state index in [0.29, 0.717) is 0 Å². The topological polar surface area (TPSA) is 17.1 Å². The summed E-state index contributed by atoms with van der Waals surface area (Å²) >= 11 is 4.28. The monoisotopic (exact) mass is 326 g/mol. The lowest BCUT2D eigenvalue weighted by Crippen LogP contribution is -2.25. The van der Waals surface area contributed by atoms with Gasteiger partial charge in [-0.2, -0.15) is 35.1 Å². The number of benzene rings is 1. The van der Waals surface area contributed by atoms with E-state index in [2.05, 4.69) is 11.6 Å². The van der Waals surface area contributed by atoms with Crippen LogP contribution in [0.5, 0.6) is 0 Å². The molecule has 0 saturated carbocycles. The second-order valence-corrected chi connectivity index (χ2v) is 4.06. The number of carbonyl (C=O) groups excluding carboxylic acids is 1. The molecule has 0 atom stereocenters. The third kappa shape index (κ3) is 3.59. The molecule has 1 rings (SSSR count). The number of alkyl halides is 9. The van der Waals surface area contributed by atoms with Gasteiger partial charge in [0.2, 0.25) is 5.78 Å². The van der Waals surface area contributed by atoms with Gasteiger partial charge in [-0.15, -0.1) is 0 Å². The van der Waals surface area contributed by atoms with Crippen LogP contribution in [-0.2, 0) is 12.4 Å². The molecule has 1 aromatic carbocycles. The lowest BCUT2D eigenvalue weighted by atomic mass is 9.99. The summed E-state index contributed by atoms with van der Waals surface area (Å²) in [5, 5.41) is -4.75. The van der Waals surface area contributed by atoms with Gasteiger partial charge in [0.1, 0.15) is 0 Å². The highest BCUT2D eigenvalue weighted by atomic mass is 35.5. The molecule has 0 heterocycles. The Morgan fingerprint density at radius 3 is 1.75 bits per heavy atom. The van der Waals surface area contributed by atoms with Gasteiger partial charge in [0.25, 0.3) is 0 Å². The van der Waals surface area contributed by atoms with Gasteiger partial charge in [-0.05, 0) is 29.8 Å². The van der Waals surface area contributed by atoms with E-state index in [1.165, 1.54) is 0 Å². The molecule has 0 bridgehead atoms. The molecule has 0 aliphatic carbocycles. The van der Waals surface area contributed by atoms with Crippen molar-refractivity contribution < 1.29 is 39.9 Å². The van der Waals surface area contributed by atoms with Crippen molar-refractivity contribution >= 4 is 17.4 Å². The maximum absolute atomic E-state index is 12.6. The van der Waals surface area contributed by atoms with E-state index in [9.17, 15) is 39.9 Å². The quantitative estimate of drug-likeness (QED) is 0.436. The smallest absolute Gasteiger partial charge is 0.286 e. The Hall–Kier alpha value is -1.38. The highest BCUT2D eigenvalue weighted by Crippen LogP contribution is 2.38. The van der Waals surface area contributed by atoms with E-state index in [1.54, 1.807) is 0 Å². The maximum Gasteiger partial charge on any atom is 0.417 e. The molecule has 1 nitrogen and oxygen atoms in total. The van der Waals surface area contributed by atoms with Crippen LogP contribution in [0.3, 0.4) is 0 Å². The van der Waals surface area contributed by atoms with Crippen molar-refractivity contribution in [2.24, 2.45) is 0 Å². The predicted octanol–water partition coefficient (Wildman–Crippen LogP) is 4.74. The second-order valence-electron chi connectivity index (χ2n) is 3.58. The highest BCUT2D eigenvalue weighted by molar-refractivity contribution is 6.35. The lowest BCUT2D eigenvalue weighted by Gasteiger charge is -2.16. The molecule has 0 amide bonds. The number of halogens is 9. The Kier molecular flexibility index (Phi) is 4.06. The van der Waals surface area contributed by atoms with Crippen molar-refractivity contribution in [2.75, 3.05) is 0 Å². The van der Waals surface area contributed by atoms with Crippen LogP contribution in [0.15, 0.2) is 18.2 Å². The first-order valence-electron chi connectivity index (χ1n) is 4.64. The fraction of sp³-hybridized carbons (Fsp3) is 0.300. The molecule has 0 unspecified atom stereocenters. The van der Waals surface area contributed by atoms with E-state index >= 15 is 0 Å². The summed E-state index contributed by atoms with van der Waals surface area (Å²) in [6, 6.07) is -0.369. The van der Waals surface area contributed by atoms with E-state index in [-0.39, 0.29) is 18.2 Å². The number of hydrogen-bond donors (Lipinski definition) is 0. The summed E-state index contributed by atoms with van der Waals surface area (Å²) < 4.78 is 99.7. The third-order valence-corrected chi connectivity index (χ3v) is 2.33. The van der Waals surface area contributed by atoms with Crippen LogP contribution in [0.2, 0.25) is 0 Å². The zero-order chi connectivity index (χ0) is 15.9. The van der Waals surface area contributed by atoms with Gasteiger partial charge >= 0.3 is 17.7 Å². The van der Waals surface area contributed by atoms with Crippen LogP contribution in [0.25, 0.3) is 0 Å². The van der Waals surface area contributed by atoms with Crippen molar-refractivity contribution in [3.8, 4) is 0 Å². The van der Waals surface area contributed by atoms with E-state index in [4.69, 9.17) is 0 Å². The van der Waals surface area contributed by atoms with Crippen molar-refractivity contribution in [1.82, 2.24) is 0 Å². The van der Waals surface area contributed by atoms with Gasteiger partial charge in [0.05, 0.1) is 11.1 Å². The van der Waals surface area contributed by atoms with Crippen LogP contribution in [0.1, 0.15) is 21.5 Å². The largest absolute Gasteiger partial charge is 0.417 e. The van der Waals surface area contributed by atoms with Crippen molar-refractivity contribution in [2.45, 2.75) is 17.7 Å². The number of hydrogen-bond acceptors (Lipinski definition) is 1. The number of carbonyl (C=O) groups is 1. The molecular weight excluding hydrogens is 324 g/mol. The molecule has 0 N–H and O–H groups in total. The van der Waals surface area contributed by atoms with Crippen LogP contribution >= 0.6 is 11.6 Å². The van der Waals surface area contributed by atoms with E-state index in [0.717, 1.165) is 0 Å². The Morgan fingerprint density at radius 1 is 0.900 bits per heavy atom. The summed E-state index contributed by atoms with van der Waals surface area (Å²) in [6.07, 6.45) is -10.4. The molecule has 10 heteroatoms. The average molecular weight is 327 g/mol. The summed E-state index contributed by atoms with van der Waals surface area (Å²) in [6.45, 7) is 0. The maximum atomic E-state index is 12.6. The second kappa shape index (κ2) is 4.87. The number of Topliss-reactive ketones (excluding diaryl/α,β-unsaturated/α-hetero) is 1. The zero-order valence-electron chi connectivity index (χ0n) is 9.04. The summed E-state index contributed by atoms with van der Waals surface area (Å²) in [4.78, 5) is 11.1. The van der Waals surface area contributed by atoms with Crippen LogP contribution in [0, 0.1) is 0 Å². The standard InChI is InChI=1S/C10H3ClF8O/c11-8(12,13)7(20)5-3-4(9(14,15)16)1-2-6(5)10(17,18)19/h1-3H. The normalized spacial score (nSPS) is 13.4. The van der Waals surface area contributed by atoms with Crippen molar-refractivity contribution in [3.05, 3.63) is 34.9 Å². The van der Waals surface area contributed by atoms with Crippen molar-refractivity contribution in [3.63, 3.8) is 0 Å². The molecule has 0 radical (unpaired) electrons. The van der Waals surface area contributed by atoms with Gasteiger partial charge in [-0.25, -0.2) is 0 Å². The molecule has 0 aromatic heterocycles. The zero-order valence-corrected chi connectivity index (χ0v) is 9.80. The fourth-order valence-corrected chi connectivity index (χ4v) is 1.41. The van der Waals surface area contributed by atoms with Gasteiger partial charge in [0, 0.05) is 5.56 Å². The minimum Gasteiger partial charge on any atom is -0.286 e. The molecule has 0 aliphatic rings. The first-order chi connectivity index (χ1) is 8.74. The Labute approximate surface area is 111 Å². The Bertz CT molecular complexity index is 526. The number of rotatable bonds is 2. The van der Waals surface area contributed by atoms with Gasteiger partial charge < -0.3 is 0 Å². The van der Waals surface area contributed by atoms with Gasteiger partial charge in [-0.3, -0.25) is 4.79 Å². The lowest BCUT2D eigenvalue weighted by molar-refractivity contribution is -0.141. The highest BCUT2D eigenvalue weighted by Gasteiger charge is 2.44. The molecule has 1 aromatic rings. The molecule has 20 heavy (non-hydrogen) atoms. The molecular formula is C10H3ClF8O. The Balaban J connectivity index is 3.55. The minimum atomic E-state index is -5.28. The summed E-state index contributed by atoms with van der Waals surface area (Å²) in [7, 11) is 0. The van der Waals surface area contributed by atoms with Crippen LogP contribution in [0.4, 0.5) is 35.1 Å². The summed E-state index contributed by atoms with van der Waals surface area (Å²) in [5.74, 6) is -2.56. The molecule has 112 valence electrons. The van der Waals surface area contributed by atoms with Gasteiger partial charge in [0.15, 0.2) is 0 Å². The van der Waals surface area contributed by atoms with Gasteiger partial charge in [-0.1, -0.05) is 0 Å². The Morgan fingerprint density at radius 2 is 1.40 bits per heavy atom. The first-order valence-corrected chi connectivity index (χ1v) is 5.02. The predicted molar refractivity (Wildman–Crippen MR) is 51.6 cm³/mol. The SMILES string of the molecule is O=C(c1cc(C(F)(F)F)ccc1C(F)(F)F)C(F)(F)Cl. The summed E-state index contributed by atoms with van der Waals surface area (Å²) in [5.41, 5.74) is -5.43. The van der Waals surface area contributed by atoms with Crippen LogP contribution in [-0.4, -0.2) is 11.2 Å². The van der Waals surface area contributed by atoms with E-state index < -0.39 is 40.2 Å². The molecule has 0 aliphatic heterocycles. The third-order valence-electron chi connectivity index (χ3n) is 2.15.